The zero-order valence-electron chi connectivity index (χ0n) is 9.85. The Morgan fingerprint density at radius 3 is 2.72 bits per heavy atom. The standard InChI is InChI=1S/C12H14FNO3S/c1-8(12(16)17)18-7-11(15)14-6-9-4-2-3-5-10(9)13/h2-5,8H,6-7H2,1H3,(H,14,15)(H,16,17). The first-order chi connectivity index (χ1) is 8.50. The van der Waals surface area contributed by atoms with Crippen molar-refractivity contribution in [3.63, 3.8) is 0 Å². The van der Waals surface area contributed by atoms with Crippen LogP contribution in [0.4, 0.5) is 4.39 Å². The molecule has 0 fully saturated rings. The Balaban J connectivity index is 2.34. The largest absolute Gasteiger partial charge is 0.480 e. The van der Waals surface area contributed by atoms with E-state index in [1.807, 2.05) is 0 Å². The number of carboxylic acid groups (broad SMARTS) is 1. The van der Waals surface area contributed by atoms with Gasteiger partial charge >= 0.3 is 5.97 Å². The van der Waals surface area contributed by atoms with Gasteiger partial charge in [0.1, 0.15) is 5.82 Å². The molecule has 0 saturated carbocycles. The van der Waals surface area contributed by atoms with Gasteiger partial charge in [-0.2, -0.15) is 0 Å². The first kappa shape index (κ1) is 14.5. The third kappa shape index (κ3) is 4.75. The van der Waals surface area contributed by atoms with Crippen LogP contribution >= 0.6 is 11.8 Å². The average Bonchev–Trinajstić information content (AvgIpc) is 2.34. The number of rotatable bonds is 6. The minimum atomic E-state index is -0.957. The van der Waals surface area contributed by atoms with Gasteiger partial charge in [0, 0.05) is 12.1 Å². The SMILES string of the molecule is CC(SCC(=O)NCc1ccccc1F)C(=O)O. The zero-order chi connectivity index (χ0) is 13.5. The summed E-state index contributed by atoms with van der Waals surface area (Å²) in [5, 5.41) is 10.5. The maximum atomic E-state index is 13.2. The highest BCUT2D eigenvalue weighted by Crippen LogP contribution is 2.10. The molecule has 1 atom stereocenters. The van der Waals surface area contributed by atoms with Gasteiger partial charge in [0.2, 0.25) is 5.91 Å². The number of thioether (sulfide) groups is 1. The minimum absolute atomic E-state index is 0.0436. The maximum absolute atomic E-state index is 13.2. The van der Waals surface area contributed by atoms with Crippen LogP contribution in [-0.2, 0) is 16.1 Å². The summed E-state index contributed by atoms with van der Waals surface area (Å²) in [7, 11) is 0. The molecule has 0 spiro atoms. The Labute approximate surface area is 109 Å². The van der Waals surface area contributed by atoms with Gasteiger partial charge < -0.3 is 10.4 Å². The van der Waals surface area contributed by atoms with Gasteiger partial charge in [-0.1, -0.05) is 18.2 Å². The van der Waals surface area contributed by atoms with Crippen LogP contribution in [0.25, 0.3) is 0 Å². The molecule has 0 saturated heterocycles. The molecule has 1 aromatic carbocycles. The molecule has 0 radical (unpaired) electrons. The number of hydrogen-bond acceptors (Lipinski definition) is 3. The van der Waals surface area contributed by atoms with Gasteiger partial charge in [0.25, 0.3) is 0 Å². The van der Waals surface area contributed by atoms with Crippen LogP contribution in [-0.4, -0.2) is 28.0 Å². The highest BCUT2D eigenvalue weighted by Gasteiger charge is 2.13. The van der Waals surface area contributed by atoms with Crippen LogP contribution in [0.1, 0.15) is 12.5 Å². The van der Waals surface area contributed by atoms with Crippen molar-refractivity contribution in [1.82, 2.24) is 5.32 Å². The van der Waals surface area contributed by atoms with Crippen molar-refractivity contribution >= 4 is 23.6 Å². The molecule has 6 heteroatoms. The summed E-state index contributed by atoms with van der Waals surface area (Å²) in [4.78, 5) is 21.9. The fourth-order valence-corrected chi connectivity index (χ4v) is 1.80. The van der Waals surface area contributed by atoms with E-state index in [0.29, 0.717) is 5.56 Å². The van der Waals surface area contributed by atoms with Gasteiger partial charge in [-0.15, -0.1) is 11.8 Å². The molecule has 0 aliphatic heterocycles. The van der Waals surface area contributed by atoms with Gasteiger partial charge in [0.05, 0.1) is 11.0 Å². The number of carbonyl (C=O) groups excluding carboxylic acids is 1. The molecule has 1 amide bonds. The predicted octanol–water partition coefficient (Wildman–Crippen LogP) is 1.65. The molecule has 0 aliphatic rings. The third-order valence-corrected chi connectivity index (χ3v) is 3.38. The van der Waals surface area contributed by atoms with Crippen molar-refractivity contribution in [2.75, 3.05) is 5.75 Å². The van der Waals surface area contributed by atoms with Crippen molar-refractivity contribution in [3.8, 4) is 0 Å². The fourth-order valence-electron chi connectivity index (χ4n) is 1.16. The smallest absolute Gasteiger partial charge is 0.316 e. The molecule has 2 N–H and O–H groups in total. The Hall–Kier alpha value is -1.56. The summed E-state index contributed by atoms with van der Waals surface area (Å²) in [6, 6.07) is 6.17. The van der Waals surface area contributed by atoms with E-state index in [4.69, 9.17) is 5.11 Å². The molecule has 1 unspecified atom stereocenters. The Morgan fingerprint density at radius 2 is 2.11 bits per heavy atom. The Morgan fingerprint density at radius 1 is 1.44 bits per heavy atom. The number of carboxylic acids is 1. The van der Waals surface area contributed by atoms with E-state index in [1.54, 1.807) is 18.2 Å². The predicted molar refractivity (Wildman–Crippen MR) is 67.8 cm³/mol. The summed E-state index contributed by atoms with van der Waals surface area (Å²) in [5.74, 6) is -1.59. The quantitative estimate of drug-likeness (QED) is 0.825. The fraction of sp³-hybridized carbons (Fsp3) is 0.333. The topological polar surface area (TPSA) is 66.4 Å². The van der Waals surface area contributed by atoms with Crippen molar-refractivity contribution in [2.24, 2.45) is 0 Å². The normalized spacial score (nSPS) is 11.9. The van der Waals surface area contributed by atoms with Crippen molar-refractivity contribution in [2.45, 2.75) is 18.7 Å². The Kier molecular flexibility index (Phi) is 5.64. The van der Waals surface area contributed by atoms with Gasteiger partial charge in [0.15, 0.2) is 0 Å². The monoisotopic (exact) mass is 271 g/mol. The van der Waals surface area contributed by atoms with E-state index in [9.17, 15) is 14.0 Å². The van der Waals surface area contributed by atoms with Crippen LogP contribution < -0.4 is 5.32 Å². The molecule has 98 valence electrons. The summed E-state index contributed by atoms with van der Waals surface area (Å²) >= 11 is 1.03. The van der Waals surface area contributed by atoms with Crippen LogP contribution in [0.2, 0.25) is 0 Å². The molecule has 1 rings (SSSR count). The molecular formula is C12H14FNO3S. The first-order valence-electron chi connectivity index (χ1n) is 5.35. The number of halogens is 1. The summed E-state index contributed by atoms with van der Waals surface area (Å²) in [6.45, 7) is 1.62. The van der Waals surface area contributed by atoms with Crippen LogP contribution in [0.5, 0.6) is 0 Å². The lowest BCUT2D eigenvalue weighted by molar-refractivity contribution is -0.136. The molecular weight excluding hydrogens is 257 g/mol. The van der Waals surface area contributed by atoms with E-state index < -0.39 is 11.2 Å². The molecule has 0 bridgehead atoms. The van der Waals surface area contributed by atoms with Gasteiger partial charge in [-0.25, -0.2) is 4.39 Å². The molecule has 18 heavy (non-hydrogen) atoms. The van der Waals surface area contributed by atoms with E-state index in [0.717, 1.165) is 11.8 Å². The van der Waals surface area contributed by atoms with Crippen molar-refractivity contribution in [3.05, 3.63) is 35.6 Å². The summed E-state index contributed by atoms with van der Waals surface area (Å²) in [5.41, 5.74) is 0.405. The number of aliphatic carboxylic acids is 1. The second kappa shape index (κ2) is 7.00. The highest BCUT2D eigenvalue weighted by atomic mass is 32.2. The second-order valence-electron chi connectivity index (χ2n) is 3.66. The van der Waals surface area contributed by atoms with Crippen molar-refractivity contribution < 1.29 is 19.1 Å². The van der Waals surface area contributed by atoms with E-state index in [1.165, 1.54) is 13.0 Å². The van der Waals surface area contributed by atoms with E-state index >= 15 is 0 Å². The van der Waals surface area contributed by atoms with E-state index in [-0.39, 0.29) is 24.0 Å². The van der Waals surface area contributed by atoms with Crippen LogP contribution in [0, 0.1) is 5.82 Å². The number of benzene rings is 1. The molecule has 1 aromatic rings. The summed E-state index contributed by atoms with van der Waals surface area (Å²) in [6.07, 6.45) is 0. The molecule has 4 nitrogen and oxygen atoms in total. The lowest BCUT2D eigenvalue weighted by atomic mass is 10.2. The van der Waals surface area contributed by atoms with E-state index in [2.05, 4.69) is 5.32 Å². The first-order valence-corrected chi connectivity index (χ1v) is 6.40. The minimum Gasteiger partial charge on any atom is -0.480 e. The van der Waals surface area contributed by atoms with Gasteiger partial charge in [-0.05, 0) is 13.0 Å². The van der Waals surface area contributed by atoms with Crippen LogP contribution in [0.3, 0.4) is 0 Å². The lowest BCUT2D eigenvalue weighted by Crippen LogP contribution is -2.26. The number of carbonyl (C=O) groups is 2. The number of nitrogens with one attached hydrogen (secondary N) is 1. The molecule has 0 aliphatic carbocycles. The zero-order valence-corrected chi connectivity index (χ0v) is 10.7. The molecule has 0 aromatic heterocycles. The van der Waals surface area contributed by atoms with Crippen LogP contribution in [0.15, 0.2) is 24.3 Å². The average molecular weight is 271 g/mol. The number of hydrogen-bond donors (Lipinski definition) is 2. The number of amides is 1. The second-order valence-corrected chi connectivity index (χ2v) is 4.99. The lowest BCUT2D eigenvalue weighted by Gasteiger charge is -2.07. The van der Waals surface area contributed by atoms with Crippen molar-refractivity contribution in [1.29, 1.82) is 0 Å². The summed E-state index contributed by atoms with van der Waals surface area (Å²) < 4.78 is 13.2. The highest BCUT2D eigenvalue weighted by molar-refractivity contribution is 8.01. The third-order valence-electron chi connectivity index (χ3n) is 2.25. The maximum Gasteiger partial charge on any atom is 0.316 e. The molecule has 0 heterocycles. The van der Waals surface area contributed by atoms with Gasteiger partial charge in [-0.3, -0.25) is 9.59 Å². The Bertz CT molecular complexity index is 439.